The Morgan fingerprint density at radius 3 is 2.48 bits per heavy atom. The average molecular weight is 363 g/mol. The topological polar surface area (TPSA) is 87.1 Å². The van der Waals surface area contributed by atoms with E-state index in [-0.39, 0.29) is 49.3 Å². The molecule has 134 valence electrons. The standard InChI is InChI=1S/C17H21N3O4S/c1-12-3-4-13(2)15(11-12)20-16(21)6-5-14(18-20)17(22)19-7-9-25(23,24)10-8-19/h3-4,11H,5-10H2,1-2H3. The number of carbonyl (C=O) groups excluding carboxylic acids is 2. The Morgan fingerprint density at radius 1 is 1.12 bits per heavy atom. The molecule has 2 aliphatic heterocycles. The fourth-order valence-electron chi connectivity index (χ4n) is 2.94. The quantitative estimate of drug-likeness (QED) is 0.786. The summed E-state index contributed by atoms with van der Waals surface area (Å²) in [6.07, 6.45) is 0.492. The van der Waals surface area contributed by atoms with Gasteiger partial charge in [-0.25, -0.2) is 13.4 Å². The number of rotatable bonds is 2. The Hall–Kier alpha value is -2.22. The summed E-state index contributed by atoms with van der Waals surface area (Å²) in [5.74, 6) is -0.471. The maximum atomic E-state index is 12.7. The highest BCUT2D eigenvalue weighted by Gasteiger charge is 2.31. The summed E-state index contributed by atoms with van der Waals surface area (Å²) in [6.45, 7) is 4.18. The molecule has 2 amide bonds. The number of amides is 2. The molecule has 0 spiro atoms. The van der Waals surface area contributed by atoms with Crippen molar-refractivity contribution in [2.24, 2.45) is 5.10 Å². The molecule has 3 rings (SSSR count). The maximum absolute atomic E-state index is 12.7. The summed E-state index contributed by atoms with van der Waals surface area (Å²) in [5, 5.41) is 5.61. The molecule has 2 aliphatic rings. The van der Waals surface area contributed by atoms with Crippen LogP contribution in [0, 0.1) is 13.8 Å². The zero-order valence-corrected chi connectivity index (χ0v) is 15.2. The zero-order chi connectivity index (χ0) is 18.2. The molecule has 1 saturated heterocycles. The molecule has 7 nitrogen and oxygen atoms in total. The SMILES string of the molecule is Cc1ccc(C)c(N2N=C(C(=O)N3CCS(=O)(=O)CC3)CCC2=O)c1. The van der Waals surface area contributed by atoms with E-state index in [4.69, 9.17) is 0 Å². The number of nitrogens with zero attached hydrogens (tertiary/aromatic N) is 3. The highest BCUT2D eigenvalue weighted by atomic mass is 32.2. The van der Waals surface area contributed by atoms with Crippen molar-refractivity contribution >= 4 is 33.1 Å². The number of hydrogen-bond acceptors (Lipinski definition) is 5. The lowest BCUT2D eigenvalue weighted by atomic mass is 10.1. The van der Waals surface area contributed by atoms with Crippen molar-refractivity contribution < 1.29 is 18.0 Å². The predicted molar refractivity (Wildman–Crippen MR) is 95.3 cm³/mol. The lowest BCUT2D eigenvalue weighted by molar-refractivity contribution is -0.124. The Bertz CT molecular complexity index is 847. The third kappa shape index (κ3) is 3.73. The summed E-state index contributed by atoms with van der Waals surface area (Å²) in [4.78, 5) is 26.5. The van der Waals surface area contributed by atoms with E-state index in [1.54, 1.807) is 0 Å². The molecule has 8 heteroatoms. The van der Waals surface area contributed by atoms with Crippen LogP contribution in [0.25, 0.3) is 0 Å². The lowest BCUT2D eigenvalue weighted by Gasteiger charge is -2.30. The molecule has 0 saturated carbocycles. The van der Waals surface area contributed by atoms with Gasteiger partial charge in [0.05, 0.1) is 17.2 Å². The summed E-state index contributed by atoms with van der Waals surface area (Å²) in [5.41, 5.74) is 2.89. The number of anilines is 1. The van der Waals surface area contributed by atoms with E-state index in [2.05, 4.69) is 5.10 Å². The Kier molecular flexibility index (Phi) is 4.64. The number of hydrogen-bond donors (Lipinski definition) is 0. The van der Waals surface area contributed by atoms with Gasteiger partial charge in [0, 0.05) is 25.9 Å². The molecule has 0 aliphatic carbocycles. The van der Waals surface area contributed by atoms with Gasteiger partial charge in [-0.1, -0.05) is 12.1 Å². The van der Waals surface area contributed by atoms with Gasteiger partial charge < -0.3 is 4.90 Å². The summed E-state index contributed by atoms with van der Waals surface area (Å²) < 4.78 is 23.0. The molecule has 25 heavy (non-hydrogen) atoms. The fraction of sp³-hybridized carbons (Fsp3) is 0.471. The molecular weight excluding hydrogens is 342 g/mol. The van der Waals surface area contributed by atoms with Crippen molar-refractivity contribution in [1.82, 2.24) is 4.90 Å². The first kappa shape index (κ1) is 17.6. The first-order valence-electron chi connectivity index (χ1n) is 8.24. The molecule has 0 atom stereocenters. The van der Waals surface area contributed by atoms with Crippen molar-refractivity contribution in [2.45, 2.75) is 26.7 Å². The molecule has 1 aromatic rings. The maximum Gasteiger partial charge on any atom is 0.270 e. The average Bonchev–Trinajstić information content (AvgIpc) is 2.57. The highest BCUT2D eigenvalue weighted by Crippen LogP contribution is 2.25. The van der Waals surface area contributed by atoms with Crippen LogP contribution in [0.15, 0.2) is 23.3 Å². The number of hydrazone groups is 1. The van der Waals surface area contributed by atoms with Gasteiger partial charge in [-0.05, 0) is 31.0 Å². The fourth-order valence-corrected chi connectivity index (χ4v) is 4.14. The van der Waals surface area contributed by atoms with E-state index in [0.717, 1.165) is 11.1 Å². The Labute approximate surface area is 147 Å². The molecule has 0 unspecified atom stereocenters. The van der Waals surface area contributed by atoms with Crippen molar-refractivity contribution in [3.63, 3.8) is 0 Å². The van der Waals surface area contributed by atoms with Crippen LogP contribution in [-0.4, -0.2) is 55.4 Å². The molecule has 0 radical (unpaired) electrons. The normalized spacial score (nSPS) is 20.4. The van der Waals surface area contributed by atoms with Gasteiger partial charge in [-0.2, -0.15) is 5.10 Å². The highest BCUT2D eigenvalue weighted by molar-refractivity contribution is 7.91. The molecular formula is C17H21N3O4S. The molecule has 2 heterocycles. The van der Waals surface area contributed by atoms with Crippen LogP contribution >= 0.6 is 0 Å². The van der Waals surface area contributed by atoms with Crippen LogP contribution < -0.4 is 5.01 Å². The minimum atomic E-state index is -3.05. The zero-order valence-electron chi connectivity index (χ0n) is 14.4. The van der Waals surface area contributed by atoms with E-state index in [0.29, 0.717) is 11.4 Å². The first-order chi connectivity index (χ1) is 11.8. The second-order valence-corrected chi connectivity index (χ2v) is 8.79. The monoisotopic (exact) mass is 363 g/mol. The van der Waals surface area contributed by atoms with E-state index >= 15 is 0 Å². The van der Waals surface area contributed by atoms with Gasteiger partial charge in [0.2, 0.25) is 5.91 Å². The molecule has 1 aromatic carbocycles. The van der Waals surface area contributed by atoms with Crippen LogP contribution in [-0.2, 0) is 19.4 Å². The third-order valence-electron chi connectivity index (χ3n) is 4.50. The largest absolute Gasteiger partial charge is 0.336 e. The Balaban J connectivity index is 1.86. The minimum Gasteiger partial charge on any atom is -0.336 e. The van der Waals surface area contributed by atoms with Gasteiger partial charge in [0.1, 0.15) is 5.71 Å². The van der Waals surface area contributed by atoms with Crippen LogP contribution in [0.5, 0.6) is 0 Å². The van der Waals surface area contributed by atoms with Crippen LogP contribution in [0.1, 0.15) is 24.0 Å². The first-order valence-corrected chi connectivity index (χ1v) is 10.1. The number of benzene rings is 1. The smallest absolute Gasteiger partial charge is 0.270 e. The number of aryl methyl sites for hydroxylation is 2. The lowest BCUT2D eigenvalue weighted by Crippen LogP contribution is -2.48. The van der Waals surface area contributed by atoms with Crippen LogP contribution in [0.2, 0.25) is 0 Å². The van der Waals surface area contributed by atoms with E-state index in [1.165, 1.54) is 9.91 Å². The summed E-state index contributed by atoms with van der Waals surface area (Å²) >= 11 is 0. The van der Waals surface area contributed by atoms with Crippen LogP contribution in [0.4, 0.5) is 5.69 Å². The minimum absolute atomic E-state index is 0.0222. The third-order valence-corrected chi connectivity index (χ3v) is 6.11. The van der Waals surface area contributed by atoms with Crippen molar-refractivity contribution in [1.29, 1.82) is 0 Å². The summed E-state index contributed by atoms with van der Waals surface area (Å²) in [6, 6.07) is 5.74. The molecule has 1 fully saturated rings. The van der Waals surface area contributed by atoms with Gasteiger partial charge in [-0.3, -0.25) is 9.59 Å². The molecule has 0 bridgehead atoms. The second-order valence-electron chi connectivity index (χ2n) is 6.49. The molecule has 0 aromatic heterocycles. The van der Waals surface area contributed by atoms with Gasteiger partial charge in [-0.15, -0.1) is 0 Å². The second kappa shape index (κ2) is 6.59. The number of sulfone groups is 1. The van der Waals surface area contributed by atoms with Crippen molar-refractivity contribution in [3.8, 4) is 0 Å². The Morgan fingerprint density at radius 2 is 1.80 bits per heavy atom. The summed E-state index contributed by atoms with van der Waals surface area (Å²) in [7, 11) is -3.05. The number of carbonyl (C=O) groups is 2. The van der Waals surface area contributed by atoms with Gasteiger partial charge >= 0.3 is 0 Å². The van der Waals surface area contributed by atoms with E-state index < -0.39 is 9.84 Å². The van der Waals surface area contributed by atoms with Crippen LogP contribution in [0.3, 0.4) is 0 Å². The van der Waals surface area contributed by atoms with Crippen molar-refractivity contribution in [3.05, 3.63) is 29.3 Å². The predicted octanol–water partition coefficient (Wildman–Crippen LogP) is 1.04. The van der Waals surface area contributed by atoms with Gasteiger partial charge in [0.15, 0.2) is 9.84 Å². The van der Waals surface area contributed by atoms with Gasteiger partial charge in [0.25, 0.3) is 5.91 Å². The van der Waals surface area contributed by atoms with E-state index in [9.17, 15) is 18.0 Å². The van der Waals surface area contributed by atoms with E-state index in [1.807, 2.05) is 32.0 Å². The molecule has 0 N–H and O–H groups in total. The van der Waals surface area contributed by atoms with Crippen molar-refractivity contribution in [2.75, 3.05) is 29.6 Å².